The molecule has 8 heteroatoms. The quantitative estimate of drug-likeness (QED) is 0.302. The van der Waals surface area contributed by atoms with E-state index in [1.807, 2.05) is 6.92 Å². The first kappa shape index (κ1) is 12.3. The highest BCUT2D eigenvalue weighted by molar-refractivity contribution is 5.72. The molecule has 0 aromatic heterocycles. The predicted octanol–water partition coefficient (Wildman–Crippen LogP) is 1.06. The van der Waals surface area contributed by atoms with Gasteiger partial charge in [0, 0.05) is 6.54 Å². The normalized spacial score (nSPS) is 9.21. The predicted molar refractivity (Wildman–Crippen MR) is 47.6 cm³/mol. The first-order valence-electron chi connectivity index (χ1n) is 4.17. The third-order valence-electron chi connectivity index (χ3n) is 1.49. The molecule has 0 rings (SSSR count). The number of carbonyl (C=O) groups is 1. The summed E-state index contributed by atoms with van der Waals surface area (Å²) in [6.07, 6.45) is 2.34. The van der Waals surface area contributed by atoms with E-state index in [0.717, 1.165) is 12.8 Å². The van der Waals surface area contributed by atoms with Crippen molar-refractivity contribution in [2.24, 2.45) is 5.29 Å². The molecule has 0 atom stereocenters. The molecule has 0 aliphatic rings. The molecule has 0 bridgehead atoms. The number of hydrogen-bond donors (Lipinski definition) is 1. The second-order valence-corrected chi connectivity index (χ2v) is 2.59. The Hall–Kier alpha value is -1.73. The van der Waals surface area contributed by atoms with Crippen molar-refractivity contribution < 1.29 is 9.83 Å². The van der Waals surface area contributed by atoms with Crippen molar-refractivity contribution in [2.45, 2.75) is 26.2 Å². The number of nitrogens with zero attached hydrogens (tertiary/aromatic N) is 3. The lowest BCUT2D eigenvalue weighted by atomic mass is 10.2. The molecule has 0 radical (unpaired) electrons. The summed E-state index contributed by atoms with van der Waals surface area (Å²) in [5.74, 6) is 0. The van der Waals surface area contributed by atoms with Gasteiger partial charge in [0.15, 0.2) is 5.03 Å². The second kappa shape index (κ2) is 6.75. The maximum absolute atomic E-state index is 10.9. The molecule has 0 aliphatic heterocycles. The first-order chi connectivity index (χ1) is 6.61. The summed E-state index contributed by atoms with van der Waals surface area (Å²) in [6, 6.07) is -1.11. The average molecular weight is 204 g/mol. The lowest BCUT2D eigenvalue weighted by Gasteiger charge is -2.09. The SMILES string of the molecule is CCCCCN(N=O)C(=O)N[N+](=O)[O-]. The molecule has 0 heterocycles. The molecule has 80 valence electrons. The van der Waals surface area contributed by atoms with Gasteiger partial charge in [-0.05, 0) is 11.8 Å². The maximum atomic E-state index is 10.9. The first-order valence-corrected chi connectivity index (χ1v) is 4.17. The third kappa shape index (κ3) is 5.01. The minimum absolute atomic E-state index is 0.0943. The van der Waals surface area contributed by atoms with Crippen LogP contribution in [0.1, 0.15) is 26.2 Å². The van der Waals surface area contributed by atoms with Crippen molar-refractivity contribution in [3.63, 3.8) is 0 Å². The maximum Gasteiger partial charge on any atom is 0.398 e. The van der Waals surface area contributed by atoms with E-state index >= 15 is 0 Å². The minimum atomic E-state index is -1.11. The lowest BCUT2D eigenvalue weighted by molar-refractivity contribution is -0.528. The summed E-state index contributed by atoms with van der Waals surface area (Å²) in [7, 11) is 0. The molecule has 1 N–H and O–H groups in total. The molecule has 0 saturated heterocycles. The van der Waals surface area contributed by atoms with Gasteiger partial charge in [-0.3, -0.25) is 0 Å². The van der Waals surface area contributed by atoms with Gasteiger partial charge in [-0.1, -0.05) is 19.8 Å². The van der Waals surface area contributed by atoms with E-state index in [-0.39, 0.29) is 6.54 Å². The molecule has 0 fully saturated rings. The van der Waals surface area contributed by atoms with Gasteiger partial charge in [-0.15, -0.1) is 4.91 Å². The zero-order valence-electron chi connectivity index (χ0n) is 7.80. The Morgan fingerprint density at radius 1 is 1.57 bits per heavy atom. The van der Waals surface area contributed by atoms with Crippen LogP contribution in [0.3, 0.4) is 0 Å². The van der Waals surface area contributed by atoms with Crippen molar-refractivity contribution in [1.82, 2.24) is 10.4 Å². The number of unbranched alkanes of at least 4 members (excludes halogenated alkanes) is 2. The topological polar surface area (TPSA) is 105 Å². The molecule has 0 aliphatic carbocycles. The Morgan fingerprint density at radius 3 is 2.64 bits per heavy atom. The smallest absolute Gasteiger partial charge is 0.241 e. The molecule has 0 spiro atoms. The Bertz CT molecular complexity index is 220. The number of hydrogen-bond acceptors (Lipinski definition) is 5. The van der Waals surface area contributed by atoms with E-state index in [1.54, 1.807) is 0 Å². The molecule has 0 aromatic rings. The van der Waals surface area contributed by atoms with Gasteiger partial charge in [-0.25, -0.2) is 14.9 Å². The Kier molecular flexibility index (Phi) is 5.92. The third-order valence-corrected chi connectivity index (χ3v) is 1.49. The summed E-state index contributed by atoms with van der Waals surface area (Å²) in [4.78, 5) is 30.8. The summed E-state index contributed by atoms with van der Waals surface area (Å²) in [6.45, 7) is 2.05. The van der Waals surface area contributed by atoms with Gasteiger partial charge in [0.2, 0.25) is 0 Å². The van der Waals surface area contributed by atoms with Crippen molar-refractivity contribution in [3.8, 4) is 0 Å². The number of carbonyl (C=O) groups excluding carboxylic acids is 1. The molecular weight excluding hydrogens is 192 g/mol. The van der Waals surface area contributed by atoms with Crippen LogP contribution < -0.4 is 5.43 Å². The van der Waals surface area contributed by atoms with E-state index in [1.165, 1.54) is 5.43 Å². The van der Waals surface area contributed by atoms with Crippen LogP contribution in [-0.2, 0) is 0 Å². The molecular formula is C6H12N4O4. The number of nitrogens with one attached hydrogen (secondary N) is 1. The summed E-state index contributed by atoms with van der Waals surface area (Å²) in [5.41, 5.74) is 1.34. The molecule has 0 aromatic carbocycles. The monoisotopic (exact) mass is 204 g/mol. The van der Waals surface area contributed by atoms with Gasteiger partial charge in [-0.2, -0.15) is 5.01 Å². The molecule has 8 nitrogen and oxygen atoms in total. The van der Waals surface area contributed by atoms with E-state index in [9.17, 15) is 19.8 Å². The van der Waals surface area contributed by atoms with Crippen LogP contribution in [0.25, 0.3) is 0 Å². The molecule has 0 unspecified atom stereocenters. The standard InChI is InChI=1S/C6H12N4O4/c1-2-3-4-5-9(8-12)6(11)7-10(13)14/h2-5H2,1H3,(H,7,11). The zero-order chi connectivity index (χ0) is 11.0. The Balaban J connectivity index is 3.93. The lowest BCUT2D eigenvalue weighted by Crippen LogP contribution is -2.39. The Labute approximate surface area is 80.3 Å². The van der Waals surface area contributed by atoms with Gasteiger partial charge < -0.3 is 0 Å². The highest BCUT2D eigenvalue weighted by Gasteiger charge is 2.17. The molecule has 2 amide bonds. The van der Waals surface area contributed by atoms with Gasteiger partial charge in [0.05, 0.1) is 5.29 Å². The minimum Gasteiger partial charge on any atom is -0.241 e. The average Bonchev–Trinajstić information content (AvgIpc) is 2.11. The number of rotatable bonds is 6. The van der Waals surface area contributed by atoms with Crippen LogP contribution in [0.4, 0.5) is 4.79 Å². The summed E-state index contributed by atoms with van der Waals surface area (Å²) >= 11 is 0. The fraction of sp³-hybridized carbons (Fsp3) is 0.833. The largest absolute Gasteiger partial charge is 0.398 e. The van der Waals surface area contributed by atoms with E-state index in [4.69, 9.17) is 0 Å². The van der Waals surface area contributed by atoms with Crippen LogP contribution in [0.5, 0.6) is 0 Å². The van der Waals surface area contributed by atoms with Crippen molar-refractivity contribution in [3.05, 3.63) is 15.0 Å². The fourth-order valence-corrected chi connectivity index (χ4v) is 0.827. The Morgan fingerprint density at radius 2 is 2.21 bits per heavy atom. The van der Waals surface area contributed by atoms with Crippen LogP contribution in [-0.4, -0.2) is 22.6 Å². The highest BCUT2D eigenvalue weighted by atomic mass is 16.7. The number of hydrazine groups is 1. The number of nitro groups is 1. The number of urea groups is 1. The van der Waals surface area contributed by atoms with E-state index in [0.29, 0.717) is 11.4 Å². The van der Waals surface area contributed by atoms with Crippen molar-refractivity contribution in [2.75, 3.05) is 6.54 Å². The second-order valence-electron chi connectivity index (χ2n) is 2.59. The van der Waals surface area contributed by atoms with Crippen LogP contribution in [0, 0.1) is 15.0 Å². The summed E-state index contributed by atoms with van der Waals surface area (Å²) in [5, 5.41) is 11.7. The molecule has 0 saturated carbocycles. The van der Waals surface area contributed by atoms with Gasteiger partial charge in [0.25, 0.3) is 0 Å². The van der Waals surface area contributed by atoms with Gasteiger partial charge >= 0.3 is 6.03 Å². The van der Waals surface area contributed by atoms with Gasteiger partial charge in [0.1, 0.15) is 0 Å². The van der Waals surface area contributed by atoms with Crippen LogP contribution >= 0.6 is 0 Å². The summed E-state index contributed by atoms with van der Waals surface area (Å²) < 4.78 is 0. The highest BCUT2D eigenvalue weighted by Crippen LogP contribution is 1.99. The van der Waals surface area contributed by atoms with E-state index in [2.05, 4.69) is 5.29 Å². The van der Waals surface area contributed by atoms with Crippen molar-refractivity contribution >= 4 is 6.03 Å². The number of nitroso groups, excluding NO2 is 1. The number of amides is 2. The van der Waals surface area contributed by atoms with Crippen molar-refractivity contribution in [1.29, 1.82) is 0 Å². The fourth-order valence-electron chi connectivity index (χ4n) is 0.827. The van der Waals surface area contributed by atoms with Crippen LogP contribution in [0.2, 0.25) is 0 Å². The zero-order valence-corrected chi connectivity index (χ0v) is 7.80. The molecule has 14 heavy (non-hydrogen) atoms. The van der Waals surface area contributed by atoms with E-state index < -0.39 is 11.1 Å². The van der Waals surface area contributed by atoms with Crippen LogP contribution in [0.15, 0.2) is 5.29 Å².